The summed E-state index contributed by atoms with van der Waals surface area (Å²) in [6.45, 7) is 6.04. The van der Waals surface area contributed by atoms with Crippen molar-refractivity contribution < 1.29 is 14.7 Å². The Balaban J connectivity index is 2.87. The Labute approximate surface area is 118 Å². The molecule has 5 N–H and O–H groups in total. The zero-order chi connectivity index (χ0) is 15.3. The van der Waals surface area contributed by atoms with E-state index in [0.29, 0.717) is 17.8 Å². The third-order valence-corrected chi connectivity index (χ3v) is 2.94. The molecular formula is C14H21N3O3. The van der Waals surface area contributed by atoms with Crippen LogP contribution in [0.5, 0.6) is 0 Å². The van der Waals surface area contributed by atoms with Crippen LogP contribution in [0.15, 0.2) is 12.1 Å². The molecule has 20 heavy (non-hydrogen) atoms. The van der Waals surface area contributed by atoms with E-state index in [1.54, 1.807) is 19.9 Å². The van der Waals surface area contributed by atoms with E-state index in [0.717, 1.165) is 6.42 Å². The second kappa shape index (κ2) is 6.79. The van der Waals surface area contributed by atoms with Crippen molar-refractivity contribution in [3.8, 4) is 0 Å². The van der Waals surface area contributed by atoms with Crippen LogP contribution >= 0.6 is 0 Å². The molecule has 1 unspecified atom stereocenters. The number of carbonyl (C=O) groups excluding carboxylic acids is 1. The van der Waals surface area contributed by atoms with Crippen LogP contribution in [0.2, 0.25) is 0 Å². The summed E-state index contributed by atoms with van der Waals surface area (Å²) >= 11 is 0. The van der Waals surface area contributed by atoms with Crippen molar-refractivity contribution in [3.63, 3.8) is 0 Å². The largest absolute Gasteiger partial charge is 0.478 e. The van der Waals surface area contributed by atoms with Gasteiger partial charge in [0.2, 0.25) is 5.91 Å². The number of hydrogen-bond acceptors (Lipinski definition) is 4. The first kappa shape index (κ1) is 15.8. The number of carbonyl (C=O) groups is 2. The zero-order valence-corrected chi connectivity index (χ0v) is 12.0. The third kappa shape index (κ3) is 3.88. The molecule has 1 rings (SSSR count). The van der Waals surface area contributed by atoms with Gasteiger partial charge in [0.15, 0.2) is 0 Å². The molecular weight excluding hydrogens is 258 g/mol. The number of hydrogen-bond donors (Lipinski definition) is 4. The lowest BCUT2D eigenvalue weighted by Crippen LogP contribution is -2.37. The van der Waals surface area contributed by atoms with Crippen molar-refractivity contribution in [2.45, 2.75) is 33.2 Å². The van der Waals surface area contributed by atoms with Crippen molar-refractivity contribution >= 4 is 23.3 Å². The molecule has 0 heterocycles. The molecule has 0 aliphatic carbocycles. The lowest BCUT2D eigenvalue weighted by atomic mass is 10.1. The van der Waals surface area contributed by atoms with E-state index in [9.17, 15) is 9.59 Å². The minimum atomic E-state index is -1.09. The molecule has 0 fully saturated rings. The van der Waals surface area contributed by atoms with Gasteiger partial charge in [-0.1, -0.05) is 6.92 Å². The van der Waals surface area contributed by atoms with Gasteiger partial charge in [0.25, 0.3) is 0 Å². The highest BCUT2D eigenvalue weighted by atomic mass is 16.4. The first-order valence-electron chi connectivity index (χ1n) is 6.54. The van der Waals surface area contributed by atoms with Gasteiger partial charge in [-0.25, -0.2) is 4.79 Å². The number of nitrogens with two attached hydrogens (primary N) is 1. The Morgan fingerprint density at radius 2 is 2.05 bits per heavy atom. The summed E-state index contributed by atoms with van der Waals surface area (Å²) < 4.78 is 0. The quantitative estimate of drug-likeness (QED) is 0.592. The summed E-state index contributed by atoms with van der Waals surface area (Å²) in [5, 5.41) is 14.8. The Kier molecular flexibility index (Phi) is 5.37. The van der Waals surface area contributed by atoms with Crippen LogP contribution in [0, 0.1) is 6.92 Å². The maximum Gasteiger partial charge on any atom is 0.337 e. The number of benzene rings is 1. The smallest absolute Gasteiger partial charge is 0.337 e. The van der Waals surface area contributed by atoms with E-state index in [1.807, 2.05) is 6.92 Å². The van der Waals surface area contributed by atoms with Gasteiger partial charge >= 0.3 is 5.97 Å². The molecule has 0 aliphatic heterocycles. The molecule has 0 aromatic heterocycles. The number of nitrogens with one attached hydrogen (secondary N) is 2. The molecule has 6 nitrogen and oxygen atoms in total. The molecule has 0 saturated carbocycles. The maximum atomic E-state index is 11.8. The average Bonchev–Trinajstić information content (AvgIpc) is 2.39. The SMILES string of the molecule is CCCNC(=O)C(C)Nc1cc(C)c(N)c(C(=O)O)c1. The number of nitrogen functional groups attached to an aromatic ring is 1. The molecule has 0 spiro atoms. The van der Waals surface area contributed by atoms with Gasteiger partial charge in [0.05, 0.1) is 5.56 Å². The molecule has 0 radical (unpaired) electrons. The molecule has 0 aliphatic rings. The highest BCUT2D eigenvalue weighted by Crippen LogP contribution is 2.23. The monoisotopic (exact) mass is 279 g/mol. The third-order valence-electron chi connectivity index (χ3n) is 2.94. The second-order valence-electron chi connectivity index (χ2n) is 4.72. The number of rotatable bonds is 6. The van der Waals surface area contributed by atoms with Crippen LogP contribution in [0.3, 0.4) is 0 Å². The summed E-state index contributed by atoms with van der Waals surface area (Å²) in [6.07, 6.45) is 0.864. The van der Waals surface area contributed by atoms with Gasteiger partial charge in [-0.05, 0) is 38.0 Å². The van der Waals surface area contributed by atoms with Crippen LogP contribution in [-0.4, -0.2) is 29.6 Å². The number of amides is 1. The lowest BCUT2D eigenvalue weighted by Gasteiger charge is -2.17. The molecule has 0 saturated heterocycles. The molecule has 6 heteroatoms. The molecule has 0 bridgehead atoms. The van der Waals surface area contributed by atoms with E-state index in [1.165, 1.54) is 6.07 Å². The first-order chi connectivity index (χ1) is 9.36. The van der Waals surface area contributed by atoms with Crippen molar-refractivity contribution in [2.75, 3.05) is 17.6 Å². The fourth-order valence-electron chi connectivity index (χ4n) is 1.78. The van der Waals surface area contributed by atoms with Crippen molar-refractivity contribution in [2.24, 2.45) is 0 Å². The Morgan fingerprint density at radius 1 is 1.40 bits per heavy atom. The van der Waals surface area contributed by atoms with E-state index < -0.39 is 12.0 Å². The normalized spacial score (nSPS) is 11.8. The Hall–Kier alpha value is -2.24. The standard InChI is InChI=1S/C14H21N3O3/c1-4-5-16-13(18)9(3)17-10-6-8(2)12(15)11(7-10)14(19)20/h6-7,9,17H,4-5,15H2,1-3H3,(H,16,18)(H,19,20). The molecule has 1 aromatic rings. The topological polar surface area (TPSA) is 104 Å². The van der Waals surface area contributed by atoms with Gasteiger partial charge in [-0.15, -0.1) is 0 Å². The maximum absolute atomic E-state index is 11.8. The van der Waals surface area contributed by atoms with Crippen molar-refractivity contribution in [1.29, 1.82) is 0 Å². The minimum Gasteiger partial charge on any atom is -0.478 e. The zero-order valence-electron chi connectivity index (χ0n) is 12.0. The molecule has 1 atom stereocenters. The fraction of sp³-hybridized carbons (Fsp3) is 0.429. The van der Waals surface area contributed by atoms with Crippen LogP contribution in [0.4, 0.5) is 11.4 Å². The van der Waals surface area contributed by atoms with Gasteiger partial charge in [0.1, 0.15) is 6.04 Å². The summed E-state index contributed by atoms with van der Waals surface area (Å²) in [5.41, 5.74) is 7.22. The predicted octanol–water partition coefficient (Wildman–Crippen LogP) is 1.60. The highest BCUT2D eigenvalue weighted by Gasteiger charge is 2.15. The number of carboxylic acid groups (broad SMARTS) is 1. The number of anilines is 2. The molecule has 110 valence electrons. The Bertz CT molecular complexity index is 515. The van der Waals surface area contributed by atoms with E-state index in [4.69, 9.17) is 10.8 Å². The average molecular weight is 279 g/mol. The van der Waals surface area contributed by atoms with Gasteiger partial charge < -0.3 is 21.5 Å². The molecule has 1 amide bonds. The highest BCUT2D eigenvalue weighted by molar-refractivity contribution is 5.96. The minimum absolute atomic E-state index is 0.0358. The van der Waals surface area contributed by atoms with Crippen LogP contribution in [0.1, 0.15) is 36.2 Å². The number of carboxylic acids is 1. The predicted molar refractivity (Wildman–Crippen MR) is 78.9 cm³/mol. The summed E-state index contributed by atoms with van der Waals surface area (Å²) in [4.78, 5) is 22.9. The van der Waals surface area contributed by atoms with E-state index in [2.05, 4.69) is 10.6 Å². The van der Waals surface area contributed by atoms with Gasteiger partial charge in [-0.3, -0.25) is 4.79 Å². The van der Waals surface area contributed by atoms with Crippen LogP contribution in [-0.2, 0) is 4.79 Å². The second-order valence-corrected chi connectivity index (χ2v) is 4.72. The number of aromatic carboxylic acids is 1. The van der Waals surface area contributed by atoms with E-state index in [-0.39, 0.29) is 17.2 Å². The van der Waals surface area contributed by atoms with Gasteiger partial charge in [0, 0.05) is 17.9 Å². The molecule has 1 aromatic carbocycles. The van der Waals surface area contributed by atoms with Crippen LogP contribution < -0.4 is 16.4 Å². The Morgan fingerprint density at radius 3 is 2.60 bits per heavy atom. The summed E-state index contributed by atoms with van der Waals surface area (Å²) in [7, 11) is 0. The van der Waals surface area contributed by atoms with E-state index >= 15 is 0 Å². The summed E-state index contributed by atoms with van der Waals surface area (Å²) in [5.74, 6) is -1.21. The van der Waals surface area contributed by atoms with Crippen molar-refractivity contribution in [1.82, 2.24) is 5.32 Å². The number of aryl methyl sites for hydroxylation is 1. The summed E-state index contributed by atoms with van der Waals surface area (Å²) in [6, 6.07) is 2.71. The lowest BCUT2D eigenvalue weighted by molar-refractivity contribution is -0.121. The van der Waals surface area contributed by atoms with Gasteiger partial charge in [-0.2, -0.15) is 0 Å². The first-order valence-corrected chi connectivity index (χ1v) is 6.54. The van der Waals surface area contributed by atoms with Crippen LogP contribution in [0.25, 0.3) is 0 Å². The van der Waals surface area contributed by atoms with Crippen molar-refractivity contribution in [3.05, 3.63) is 23.3 Å². The fourth-order valence-corrected chi connectivity index (χ4v) is 1.78.